The summed E-state index contributed by atoms with van der Waals surface area (Å²) >= 11 is 5.99. The van der Waals surface area contributed by atoms with Gasteiger partial charge in [-0.15, -0.1) is 0 Å². The molecule has 5 nitrogen and oxygen atoms in total. The third-order valence-electron chi connectivity index (χ3n) is 7.12. The van der Waals surface area contributed by atoms with Crippen LogP contribution in [0, 0.1) is 0 Å². The summed E-state index contributed by atoms with van der Waals surface area (Å²) in [6, 6.07) is 24.6. The number of aliphatic hydroxyl groups is 1. The Balaban J connectivity index is 1.79. The molecule has 4 aromatic carbocycles. The fraction of sp³-hybridized carbons (Fsp3) is 0.265. The Hall–Kier alpha value is -4.01. The number of rotatable bonds is 10. The number of carbonyl (C=O) groups excluding carboxylic acids is 1. The lowest BCUT2D eigenvalue weighted by Crippen LogP contribution is -2.35. The standard InChI is InChI=1S/C34H33ClF3NO4/c1-22(2)25-14-17-32(42-3)28(18-25)27-10-7-11-30(34(36,37)38)29(27)19-39(20-31(40)24-12-15-26(35)16-13-24)33(41)43-21-23-8-5-4-6-9-23/h4-18,22,31,40H,19-21H2,1-3H3. The fourth-order valence-electron chi connectivity index (χ4n) is 4.77. The van der Waals surface area contributed by atoms with Crippen LogP contribution in [-0.4, -0.2) is 29.8 Å². The molecule has 0 bridgehead atoms. The van der Waals surface area contributed by atoms with Gasteiger partial charge in [0.25, 0.3) is 0 Å². The number of halogens is 4. The lowest BCUT2D eigenvalue weighted by atomic mass is 9.91. The highest BCUT2D eigenvalue weighted by atomic mass is 35.5. The van der Waals surface area contributed by atoms with Gasteiger partial charge in [0.2, 0.25) is 0 Å². The van der Waals surface area contributed by atoms with Crippen molar-refractivity contribution in [1.82, 2.24) is 4.90 Å². The number of hydrogen-bond donors (Lipinski definition) is 1. The first kappa shape index (κ1) is 31.9. The molecule has 0 aliphatic carbocycles. The molecule has 1 unspecified atom stereocenters. The molecule has 1 N–H and O–H groups in total. The van der Waals surface area contributed by atoms with E-state index in [-0.39, 0.29) is 30.2 Å². The Morgan fingerprint density at radius 2 is 1.58 bits per heavy atom. The zero-order valence-electron chi connectivity index (χ0n) is 24.1. The van der Waals surface area contributed by atoms with E-state index in [2.05, 4.69) is 0 Å². The van der Waals surface area contributed by atoms with Gasteiger partial charge in [0.1, 0.15) is 12.4 Å². The van der Waals surface area contributed by atoms with E-state index >= 15 is 0 Å². The van der Waals surface area contributed by atoms with Gasteiger partial charge in [0.15, 0.2) is 0 Å². The van der Waals surface area contributed by atoms with Crippen LogP contribution in [0.15, 0.2) is 91.0 Å². The van der Waals surface area contributed by atoms with E-state index in [4.69, 9.17) is 21.1 Å². The van der Waals surface area contributed by atoms with Crippen molar-refractivity contribution in [3.63, 3.8) is 0 Å². The fourth-order valence-corrected chi connectivity index (χ4v) is 4.90. The van der Waals surface area contributed by atoms with Crippen molar-refractivity contribution in [2.24, 2.45) is 0 Å². The highest BCUT2D eigenvalue weighted by molar-refractivity contribution is 6.30. The van der Waals surface area contributed by atoms with Crippen LogP contribution in [0.2, 0.25) is 5.02 Å². The third kappa shape index (κ3) is 8.09. The Morgan fingerprint density at radius 3 is 2.21 bits per heavy atom. The van der Waals surface area contributed by atoms with Gasteiger partial charge in [-0.05, 0) is 64.1 Å². The molecular formula is C34H33ClF3NO4. The largest absolute Gasteiger partial charge is 0.496 e. The maximum atomic E-state index is 14.5. The summed E-state index contributed by atoms with van der Waals surface area (Å²) in [6.45, 7) is 3.07. The zero-order valence-corrected chi connectivity index (χ0v) is 24.8. The molecule has 4 rings (SSSR count). The minimum absolute atomic E-state index is 0.0920. The summed E-state index contributed by atoms with van der Waals surface area (Å²) < 4.78 is 54.6. The predicted octanol–water partition coefficient (Wildman–Crippen LogP) is 9.03. The average Bonchev–Trinajstić information content (AvgIpc) is 2.99. The van der Waals surface area contributed by atoms with Crippen LogP contribution in [-0.2, 0) is 24.1 Å². The van der Waals surface area contributed by atoms with Crippen molar-refractivity contribution < 1.29 is 32.5 Å². The molecule has 0 aliphatic heterocycles. The monoisotopic (exact) mass is 611 g/mol. The van der Waals surface area contributed by atoms with Crippen LogP contribution in [0.5, 0.6) is 5.75 Å². The van der Waals surface area contributed by atoms with Gasteiger partial charge < -0.3 is 19.5 Å². The maximum absolute atomic E-state index is 14.5. The lowest BCUT2D eigenvalue weighted by Gasteiger charge is -2.28. The topological polar surface area (TPSA) is 59.0 Å². The second-order valence-electron chi connectivity index (χ2n) is 10.4. The van der Waals surface area contributed by atoms with E-state index in [1.165, 1.54) is 13.2 Å². The highest BCUT2D eigenvalue weighted by Gasteiger charge is 2.36. The Kier molecular flexibility index (Phi) is 10.4. The first-order valence-electron chi connectivity index (χ1n) is 13.7. The zero-order chi connectivity index (χ0) is 31.1. The van der Waals surface area contributed by atoms with E-state index in [1.54, 1.807) is 60.7 Å². The van der Waals surface area contributed by atoms with Crippen LogP contribution < -0.4 is 4.74 Å². The SMILES string of the molecule is COc1ccc(C(C)C)cc1-c1cccc(C(F)(F)F)c1CN(CC(O)c1ccc(Cl)cc1)C(=O)OCc1ccccc1. The quantitative estimate of drug-likeness (QED) is 0.194. The van der Waals surface area contributed by atoms with Crippen LogP contribution in [0.4, 0.5) is 18.0 Å². The molecule has 0 fully saturated rings. The number of aliphatic hydroxyl groups excluding tert-OH is 1. The first-order chi connectivity index (χ1) is 20.5. The predicted molar refractivity (Wildman–Crippen MR) is 161 cm³/mol. The third-order valence-corrected chi connectivity index (χ3v) is 7.37. The number of hydrogen-bond acceptors (Lipinski definition) is 4. The van der Waals surface area contributed by atoms with Gasteiger partial charge in [0, 0.05) is 10.6 Å². The van der Waals surface area contributed by atoms with Gasteiger partial charge in [-0.25, -0.2) is 4.79 Å². The maximum Gasteiger partial charge on any atom is 0.416 e. The van der Waals surface area contributed by atoms with Gasteiger partial charge in [-0.2, -0.15) is 13.2 Å². The van der Waals surface area contributed by atoms with Crippen LogP contribution in [0.25, 0.3) is 11.1 Å². The minimum atomic E-state index is -4.72. The van der Waals surface area contributed by atoms with Gasteiger partial charge in [0.05, 0.1) is 31.9 Å². The molecule has 0 saturated carbocycles. The molecule has 1 atom stereocenters. The van der Waals surface area contributed by atoms with E-state index in [0.717, 1.165) is 16.5 Å². The smallest absolute Gasteiger partial charge is 0.416 e. The summed E-state index contributed by atoms with van der Waals surface area (Å²) in [6.07, 6.45) is -6.81. The van der Waals surface area contributed by atoms with E-state index in [1.807, 2.05) is 32.0 Å². The van der Waals surface area contributed by atoms with Crippen molar-refractivity contribution in [2.75, 3.05) is 13.7 Å². The van der Waals surface area contributed by atoms with Crippen LogP contribution in [0.1, 0.15) is 53.7 Å². The summed E-state index contributed by atoms with van der Waals surface area (Å²) in [5, 5.41) is 11.5. The molecule has 226 valence electrons. The van der Waals surface area contributed by atoms with E-state index in [9.17, 15) is 23.1 Å². The van der Waals surface area contributed by atoms with Gasteiger partial charge >= 0.3 is 12.3 Å². The van der Waals surface area contributed by atoms with Crippen molar-refractivity contribution >= 4 is 17.7 Å². The average molecular weight is 612 g/mol. The Bertz CT molecular complexity index is 1530. The Labute approximate surface area is 254 Å². The molecule has 9 heteroatoms. The van der Waals surface area contributed by atoms with E-state index in [0.29, 0.717) is 27.5 Å². The molecule has 43 heavy (non-hydrogen) atoms. The summed E-state index contributed by atoms with van der Waals surface area (Å²) in [7, 11) is 1.46. The number of nitrogens with zero attached hydrogens (tertiary/aromatic N) is 1. The summed E-state index contributed by atoms with van der Waals surface area (Å²) in [5.74, 6) is 0.502. The molecule has 1 amide bonds. The molecule has 0 spiro atoms. The van der Waals surface area contributed by atoms with Crippen molar-refractivity contribution in [2.45, 2.75) is 45.2 Å². The number of amides is 1. The second-order valence-corrected chi connectivity index (χ2v) is 10.9. The number of alkyl halides is 3. The summed E-state index contributed by atoms with van der Waals surface area (Å²) in [4.78, 5) is 14.6. The molecule has 0 aliphatic rings. The molecule has 0 aromatic heterocycles. The van der Waals surface area contributed by atoms with Crippen molar-refractivity contribution in [3.8, 4) is 16.9 Å². The molecule has 0 radical (unpaired) electrons. The van der Waals surface area contributed by atoms with Crippen molar-refractivity contribution in [3.05, 3.63) is 124 Å². The number of carbonyl (C=O) groups is 1. The normalized spacial score (nSPS) is 12.2. The molecule has 0 heterocycles. The number of benzene rings is 4. The number of methoxy groups -OCH3 is 1. The minimum Gasteiger partial charge on any atom is -0.496 e. The molecular weight excluding hydrogens is 579 g/mol. The molecule has 0 saturated heterocycles. The van der Waals surface area contributed by atoms with Crippen molar-refractivity contribution in [1.29, 1.82) is 0 Å². The van der Waals surface area contributed by atoms with Gasteiger partial charge in [-0.1, -0.05) is 86.1 Å². The van der Waals surface area contributed by atoms with Crippen LogP contribution in [0.3, 0.4) is 0 Å². The lowest BCUT2D eigenvalue weighted by molar-refractivity contribution is -0.138. The summed E-state index contributed by atoms with van der Waals surface area (Å²) in [5.41, 5.74) is 1.75. The van der Waals surface area contributed by atoms with Gasteiger partial charge in [-0.3, -0.25) is 0 Å². The second kappa shape index (κ2) is 14.0. The Morgan fingerprint density at radius 1 is 0.907 bits per heavy atom. The number of ether oxygens (including phenoxy) is 2. The first-order valence-corrected chi connectivity index (χ1v) is 14.1. The molecule has 4 aromatic rings. The van der Waals surface area contributed by atoms with Crippen LogP contribution >= 0.6 is 11.6 Å². The van der Waals surface area contributed by atoms with E-state index < -0.39 is 30.5 Å². The highest BCUT2D eigenvalue weighted by Crippen LogP contribution is 2.41.